The molecule has 1 saturated carbocycles. The average molecular weight is 230 g/mol. The van der Waals surface area contributed by atoms with Gasteiger partial charge in [0.2, 0.25) is 0 Å². The summed E-state index contributed by atoms with van der Waals surface area (Å²) < 4.78 is 0. The van der Waals surface area contributed by atoms with E-state index in [1.54, 1.807) is 5.56 Å². The van der Waals surface area contributed by atoms with Crippen molar-refractivity contribution in [2.75, 3.05) is 0 Å². The van der Waals surface area contributed by atoms with Crippen LogP contribution in [0.3, 0.4) is 0 Å². The van der Waals surface area contributed by atoms with E-state index in [2.05, 4.69) is 39.0 Å². The lowest BCUT2D eigenvalue weighted by atomic mass is 9.75. The Hall–Kier alpha value is -0.780. The van der Waals surface area contributed by atoms with Gasteiger partial charge in [-0.15, -0.1) is 0 Å². The summed E-state index contributed by atoms with van der Waals surface area (Å²) in [6, 6.07) is 7.35. The maximum Gasteiger partial charge on any atom is -0.00494 e. The van der Waals surface area contributed by atoms with Gasteiger partial charge in [0.25, 0.3) is 0 Å². The van der Waals surface area contributed by atoms with Gasteiger partial charge >= 0.3 is 0 Å². The Labute approximate surface area is 106 Å². The van der Waals surface area contributed by atoms with E-state index in [0.29, 0.717) is 5.41 Å². The summed E-state index contributed by atoms with van der Waals surface area (Å²) in [6.45, 7) is 6.91. The maximum absolute atomic E-state index is 2.48. The van der Waals surface area contributed by atoms with E-state index in [1.807, 2.05) is 0 Å². The monoisotopic (exact) mass is 230 g/mol. The van der Waals surface area contributed by atoms with E-state index >= 15 is 0 Å². The number of aryl methyl sites for hydroxylation is 2. The second kappa shape index (κ2) is 5.25. The van der Waals surface area contributed by atoms with Gasteiger partial charge in [-0.2, -0.15) is 0 Å². The third-order valence-corrected chi connectivity index (χ3v) is 4.72. The molecule has 0 unspecified atom stereocenters. The fraction of sp³-hybridized carbons (Fsp3) is 0.647. The normalized spacial score (nSPS) is 18.5. The third kappa shape index (κ3) is 2.41. The smallest absolute Gasteiger partial charge is 0.00494 e. The number of benzene rings is 1. The maximum atomic E-state index is 2.48. The second-order valence-electron chi connectivity index (χ2n) is 5.59. The van der Waals surface area contributed by atoms with Crippen LogP contribution < -0.4 is 0 Å². The predicted molar refractivity (Wildman–Crippen MR) is 75.6 cm³/mol. The van der Waals surface area contributed by atoms with Gasteiger partial charge in [0.15, 0.2) is 0 Å². The molecule has 17 heavy (non-hydrogen) atoms. The predicted octanol–water partition coefficient (Wildman–Crippen LogP) is 5.03. The molecule has 94 valence electrons. The lowest BCUT2D eigenvalue weighted by Gasteiger charge is -2.29. The van der Waals surface area contributed by atoms with Crippen LogP contribution in [0.2, 0.25) is 0 Å². The Bertz CT molecular complexity index is 347. The molecule has 1 aromatic rings. The molecule has 0 atom stereocenters. The molecular formula is C17H26. The van der Waals surface area contributed by atoms with Crippen LogP contribution in [0.15, 0.2) is 18.2 Å². The molecular weight excluding hydrogens is 204 g/mol. The van der Waals surface area contributed by atoms with Crippen LogP contribution in [-0.2, 0) is 18.3 Å². The summed E-state index contributed by atoms with van der Waals surface area (Å²) in [5, 5.41) is 0. The molecule has 1 aromatic carbocycles. The molecule has 0 radical (unpaired) electrons. The first-order valence-electron chi connectivity index (χ1n) is 7.37. The first-order chi connectivity index (χ1) is 8.24. The minimum Gasteiger partial charge on any atom is -0.0645 e. The highest BCUT2D eigenvalue weighted by Crippen LogP contribution is 2.44. The molecule has 0 saturated heterocycles. The van der Waals surface area contributed by atoms with E-state index in [1.165, 1.54) is 56.1 Å². The van der Waals surface area contributed by atoms with Crippen LogP contribution in [0.25, 0.3) is 0 Å². The standard InChI is InChI=1S/C17H26/c1-4-14-11-15(5-2)13-16(12-14)17(6-3)9-7-8-10-17/h11-13H,4-10H2,1-3H3. The van der Waals surface area contributed by atoms with Crippen LogP contribution in [0.5, 0.6) is 0 Å². The summed E-state index contributed by atoms with van der Waals surface area (Å²) in [4.78, 5) is 0. The van der Waals surface area contributed by atoms with Gasteiger partial charge in [-0.3, -0.25) is 0 Å². The Morgan fingerprint density at radius 1 is 0.882 bits per heavy atom. The van der Waals surface area contributed by atoms with E-state index in [0.717, 1.165) is 0 Å². The molecule has 0 amide bonds. The quantitative estimate of drug-likeness (QED) is 0.680. The number of rotatable bonds is 4. The lowest BCUT2D eigenvalue weighted by Crippen LogP contribution is -2.21. The molecule has 0 nitrogen and oxygen atoms in total. The van der Waals surface area contributed by atoms with Gasteiger partial charge in [0.1, 0.15) is 0 Å². The average Bonchev–Trinajstić information content (AvgIpc) is 2.88. The van der Waals surface area contributed by atoms with Crippen LogP contribution >= 0.6 is 0 Å². The van der Waals surface area contributed by atoms with Crippen molar-refractivity contribution in [2.24, 2.45) is 0 Å². The van der Waals surface area contributed by atoms with E-state index in [9.17, 15) is 0 Å². The number of hydrogen-bond acceptors (Lipinski definition) is 0. The zero-order valence-electron chi connectivity index (χ0n) is 11.7. The van der Waals surface area contributed by atoms with Crippen molar-refractivity contribution in [3.63, 3.8) is 0 Å². The van der Waals surface area contributed by atoms with Crippen molar-refractivity contribution in [3.05, 3.63) is 34.9 Å². The van der Waals surface area contributed by atoms with Crippen molar-refractivity contribution in [1.82, 2.24) is 0 Å². The van der Waals surface area contributed by atoms with E-state index in [-0.39, 0.29) is 0 Å². The summed E-state index contributed by atoms with van der Waals surface area (Å²) in [5.74, 6) is 0. The summed E-state index contributed by atoms with van der Waals surface area (Å²) >= 11 is 0. The Morgan fingerprint density at radius 3 is 1.82 bits per heavy atom. The van der Waals surface area contributed by atoms with Crippen LogP contribution in [0, 0.1) is 0 Å². The van der Waals surface area contributed by atoms with Crippen molar-refractivity contribution in [2.45, 2.75) is 71.1 Å². The van der Waals surface area contributed by atoms with Crippen molar-refractivity contribution in [1.29, 1.82) is 0 Å². The SMILES string of the molecule is CCc1cc(CC)cc(C2(CC)CCCC2)c1. The molecule has 0 N–H and O–H groups in total. The van der Waals surface area contributed by atoms with Gasteiger partial charge in [-0.05, 0) is 54.2 Å². The first-order valence-corrected chi connectivity index (χ1v) is 7.37. The van der Waals surface area contributed by atoms with Crippen LogP contribution in [-0.4, -0.2) is 0 Å². The molecule has 1 fully saturated rings. The molecule has 0 bridgehead atoms. The van der Waals surface area contributed by atoms with Gasteiger partial charge in [0, 0.05) is 0 Å². The van der Waals surface area contributed by atoms with Crippen molar-refractivity contribution < 1.29 is 0 Å². The highest BCUT2D eigenvalue weighted by Gasteiger charge is 2.33. The summed E-state index contributed by atoms with van der Waals surface area (Å²) in [5.41, 5.74) is 5.20. The second-order valence-corrected chi connectivity index (χ2v) is 5.59. The minimum absolute atomic E-state index is 0.509. The highest BCUT2D eigenvalue weighted by molar-refractivity contribution is 5.36. The molecule has 0 aromatic heterocycles. The summed E-state index contributed by atoms with van der Waals surface area (Å²) in [6.07, 6.45) is 9.29. The fourth-order valence-electron chi connectivity index (χ4n) is 3.38. The molecule has 1 aliphatic carbocycles. The summed E-state index contributed by atoms with van der Waals surface area (Å²) in [7, 11) is 0. The number of hydrogen-bond donors (Lipinski definition) is 0. The molecule has 0 heteroatoms. The topological polar surface area (TPSA) is 0 Å². The Kier molecular flexibility index (Phi) is 3.91. The zero-order valence-corrected chi connectivity index (χ0v) is 11.7. The third-order valence-electron chi connectivity index (χ3n) is 4.72. The van der Waals surface area contributed by atoms with Crippen molar-refractivity contribution in [3.8, 4) is 0 Å². The molecule has 1 aliphatic rings. The highest BCUT2D eigenvalue weighted by atomic mass is 14.4. The van der Waals surface area contributed by atoms with Crippen LogP contribution in [0.4, 0.5) is 0 Å². The largest absolute Gasteiger partial charge is 0.0645 e. The van der Waals surface area contributed by atoms with Gasteiger partial charge < -0.3 is 0 Å². The fourth-order valence-corrected chi connectivity index (χ4v) is 3.38. The van der Waals surface area contributed by atoms with Crippen LogP contribution in [0.1, 0.15) is 69.6 Å². The molecule has 0 heterocycles. The van der Waals surface area contributed by atoms with Gasteiger partial charge in [0.05, 0.1) is 0 Å². The minimum atomic E-state index is 0.509. The van der Waals surface area contributed by atoms with E-state index < -0.39 is 0 Å². The first kappa shape index (κ1) is 12.7. The molecule has 0 aliphatic heterocycles. The Balaban J connectivity index is 2.42. The van der Waals surface area contributed by atoms with Gasteiger partial charge in [-0.1, -0.05) is 51.8 Å². The zero-order chi connectivity index (χ0) is 12.3. The molecule has 2 rings (SSSR count). The molecule has 0 spiro atoms. The lowest BCUT2D eigenvalue weighted by molar-refractivity contribution is 0.424. The van der Waals surface area contributed by atoms with Gasteiger partial charge in [-0.25, -0.2) is 0 Å². The van der Waals surface area contributed by atoms with Crippen molar-refractivity contribution >= 4 is 0 Å². The van der Waals surface area contributed by atoms with E-state index in [4.69, 9.17) is 0 Å². The Morgan fingerprint density at radius 2 is 1.41 bits per heavy atom.